The molecule has 0 aromatic carbocycles. The summed E-state index contributed by atoms with van der Waals surface area (Å²) in [4.78, 5) is 24.6. The maximum absolute atomic E-state index is 12.0. The Labute approximate surface area is 131 Å². The fraction of sp³-hybridized carbons (Fsp3) is 0.500. The molecule has 3 heterocycles. The van der Waals surface area contributed by atoms with E-state index in [1.807, 2.05) is 26.3 Å². The number of rotatable bonds is 1. The number of fused-ring (bicyclic) bond motifs is 1. The van der Waals surface area contributed by atoms with Crippen molar-refractivity contribution in [3.63, 3.8) is 0 Å². The first kappa shape index (κ1) is 14.5. The van der Waals surface area contributed by atoms with Gasteiger partial charge in [-0.3, -0.25) is 0 Å². The molecule has 2 aromatic heterocycles. The van der Waals surface area contributed by atoms with Gasteiger partial charge in [0.25, 0.3) is 0 Å². The quantitative estimate of drug-likeness (QED) is 0.801. The highest BCUT2D eigenvalue weighted by Gasteiger charge is 2.24. The van der Waals surface area contributed by atoms with Gasteiger partial charge in [-0.25, -0.2) is 14.8 Å². The second kappa shape index (κ2) is 5.38. The zero-order chi connectivity index (χ0) is 15.0. The summed E-state index contributed by atoms with van der Waals surface area (Å²) in [6.45, 7) is 6.88. The molecule has 5 nitrogen and oxygen atoms in total. The molecule has 1 aliphatic rings. The Morgan fingerprint density at radius 1 is 1.38 bits per heavy atom. The van der Waals surface area contributed by atoms with Gasteiger partial charge in [0.05, 0.1) is 5.51 Å². The minimum absolute atomic E-state index is 0.250. The lowest BCUT2D eigenvalue weighted by Gasteiger charge is -2.29. The predicted octanol–water partition coefficient (Wildman–Crippen LogP) is 3.78. The lowest BCUT2D eigenvalue weighted by atomic mass is 10.1. The zero-order valence-electron chi connectivity index (χ0n) is 12.3. The van der Waals surface area contributed by atoms with Crippen LogP contribution in [0.5, 0.6) is 0 Å². The predicted molar refractivity (Wildman–Crippen MR) is 85.7 cm³/mol. The van der Waals surface area contributed by atoms with Gasteiger partial charge in [-0.1, -0.05) is 17.4 Å². The normalized spacial score (nSPS) is 16.1. The van der Waals surface area contributed by atoms with E-state index >= 15 is 0 Å². The van der Waals surface area contributed by atoms with Crippen molar-refractivity contribution in [3.05, 3.63) is 16.6 Å². The molecule has 2 aromatic rings. The highest BCUT2D eigenvalue weighted by molar-refractivity contribution is 7.26. The Kier molecular flexibility index (Phi) is 3.71. The summed E-state index contributed by atoms with van der Waals surface area (Å²) in [5.41, 5.74) is 2.56. The third kappa shape index (κ3) is 3.24. The molecule has 0 unspecified atom stereocenters. The van der Waals surface area contributed by atoms with Crippen molar-refractivity contribution in [1.29, 1.82) is 0 Å². The number of hydrogen-bond donors (Lipinski definition) is 0. The van der Waals surface area contributed by atoms with Crippen LogP contribution in [0.1, 0.15) is 32.2 Å². The van der Waals surface area contributed by atoms with Gasteiger partial charge in [0, 0.05) is 13.1 Å². The molecule has 0 saturated heterocycles. The molecule has 21 heavy (non-hydrogen) atoms. The van der Waals surface area contributed by atoms with E-state index < -0.39 is 5.60 Å². The molecular formula is C14H17N3O2S2. The largest absolute Gasteiger partial charge is 0.444 e. The van der Waals surface area contributed by atoms with E-state index in [1.54, 1.807) is 27.6 Å². The van der Waals surface area contributed by atoms with Gasteiger partial charge in [-0.2, -0.15) is 0 Å². The summed E-state index contributed by atoms with van der Waals surface area (Å²) >= 11 is 3.18. The summed E-state index contributed by atoms with van der Waals surface area (Å²) in [5, 5.41) is 1.02. The molecule has 0 aliphatic carbocycles. The molecule has 0 fully saturated rings. The molecule has 0 N–H and O–H groups in total. The van der Waals surface area contributed by atoms with Crippen molar-refractivity contribution in [3.8, 4) is 0 Å². The number of hydrogen-bond acceptors (Lipinski definition) is 6. The number of nitrogens with zero attached hydrogens (tertiary/aromatic N) is 3. The molecular weight excluding hydrogens is 306 g/mol. The molecule has 0 saturated carbocycles. The maximum atomic E-state index is 12.0. The molecule has 0 atom stereocenters. The van der Waals surface area contributed by atoms with Crippen LogP contribution in [0.15, 0.2) is 11.6 Å². The Balaban J connectivity index is 1.69. The van der Waals surface area contributed by atoms with Crippen molar-refractivity contribution in [1.82, 2.24) is 14.9 Å². The van der Waals surface area contributed by atoms with Crippen molar-refractivity contribution in [2.24, 2.45) is 0 Å². The third-order valence-electron chi connectivity index (χ3n) is 3.05. The summed E-state index contributed by atoms with van der Waals surface area (Å²) in [6, 6.07) is 0. The van der Waals surface area contributed by atoms with Gasteiger partial charge in [-0.15, -0.1) is 11.3 Å². The van der Waals surface area contributed by atoms with Crippen LogP contribution in [-0.4, -0.2) is 39.7 Å². The first-order valence-corrected chi connectivity index (χ1v) is 8.49. The van der Waals surface area contributed by atoms with Gasteiger partial charge in [-0.05, 0) is 32.8 Å². The zero-order valence-corrected chi connectivity index (χ0v) is 13.9. The number of carbonyl (C=O) groups excluding carboxylic acids is 1. The van der Waals surface area contributed by atoms with Crippen LogP contribution in [0, 0.1) is 0 Å². The monoisotopic (exact) mass is 323 g/mol. The lowest BCUT2D eigenvalue weighted by molar-refractivity contribution is 0.0270. The third-order valence-corrected chi connectivity index (χ3v) is 4.94. The van der Waals surface area contributed by atoms with E-state index in [0.717, 1.165) is 21.1 Å². The van der Waals surface area contributed by atoms with Gasteiger partial charge >= 0.3 is 6.09 Å². The van der Waals surface area contributed by atoms with E-state index in [2.05, 4.69) is 16.0 Å². The number of amides is 1. The SMILES string of the molecule is CC(C)(C)OC(=O)N1CC=C(c2nc3scnc3s2)CC1. The van der Waals surface area contributed by atoms with Crippen LogP contribution in [0.3, 0.4) is 0 Å². The molecule has 0 radical (unpaired) electrons. The fourth-order valence-electron chi connectivity index (χ4n) is 2.07. The average Bonchev–Trinajstić information content (AvgIpc) is 2.97. The van der Waals surface area contributed by atoms with E-state index in [1.165, 1.54) is 5.57 Å². The summed E-state index contributed by atoms with van der Waals surface area (Å²) in [6.07, 6.45) is 2.62. The highest BCUT2D eigenvalue weighted by atomic mass is 32.1. The number of aromatic nitrogens is 2. The first-order chi connectivity index (χ1) is 9.92. The van der Waals surface area contributed by atoms with Crippen LogP contribution < -0.4 is 0 Å². The molecule has 112 valence electrons. The van der Waals surface area contributed by atoms with E-state index in [-0.39, 0.29) is 6.09 Å². The molecule has 0 spiro atoms. The Bertz CT molecular complexity index is 668. The van der Waals surface area contributed by atoms with Crippen molar-refractivity contribution in [2.45, 2.75) is 32.8 Å². The Morgan fingerprint density at radius 2 is 2.19 bits per heavy atom. The number of thiazole rings is 2. The van der Waals surface area contributed by atoms with Crippen LogP contribution in [0.25, 0.3) is 15.2 Å². The fourth-order valence-corrected chi connectivity index (χ4v) is 3.90. The molecule has 1 aliphatic heterocycles. The minimum atomic E-state index is -0.452. The molecule has 0 bridgehead atoms. The minimum Gasteiger partial charge on any atom is -0.444 e. The van der Waals surface area contributed by atoms with Crippen LogP contribution in [0.4, 0.5) is 4.79 Å². The van der Waals surface area contributed by atoms with Crippen LogP contribution >= 0.6 is 22.7 Å². The van der Waals surface area contributed by atoms with Crippen LogP contribution in [0.2, 0.25) is 0 Å². The van der Waals surface area contributed by atoms with Crippen LogP contribution in [-0.2, 0) is 4.74 Å². The highest BCUT2D eigenvalue weighted by Crippen LogP contribution is 2.31. The number of ether oxygens (including phenoxy) is 1. The van der Waals surface area contributed by atoms with Crippen molar-refractivity contribution >= 4 is 44.0 Å². The van der Waals surface area contributed by atoms with Gasteiger partial charge in [0.2, 0.25) is 0 Å². The smallest absolute Gasteiger partial charge is 0.410 e. The second-order valence-electron chi connectivity index (χ2n) is 5.89. The van der Waals surface area contributed by atoms with Gasteiger partial charge in [0.15, 0.2) is 9.66 Å². The Morgan fingerprint density at radius 3 is 2.81 bits per heavy atom. The van der Waals surface area contributed by atoms with E-state index in [9.17, 15) is 4.79 Å². The standard InChI is InChI=1S/C14H17N3O2S2/c1-14(2,3)19-13(18)17-6-4-9(5-7-17)10-16-12-11(21-10)15-8-20-12/h4,8H,5-7H2,1-3H3. The van der Waals surface area contributed by atoms with Gasteiger partial charge < -0.3 is 9.64 Å². The van der Waals surface area contributed by atoms with Gasteiger partial charge in [0.1, 0.15) is 10.6 Å². The summed E-state index contributed by atoms with van der Waals surface area (Å²) < 4.78 is 5.39. The average molecular weight is 323 g/mol. The van der Waals surface area contributed by atoms with Crippen molar-refractivity contribution < 1.29 is 9.53 Å². The first-order valence-electron chi connectivity index (χ1n) is 6.80. The summed E-state index contributed by atoms with van der Waals surface area (Å²) in [7, 11) is 0. The number of carbonyl (C=O) groups is 1. The van der Waals surface area contributed by atoms with E-state index in [4.69, 9.17) is 4.74 Å². The topological polar surface area (TPSA) is 55.3 Å². The molecule has 1 amide bonds. The van der Waals surface area contributed by atoms with E-state index in [0.29, 0.717) is 13.1 Å². The maximum Gasteiger partial charge on any atom is 0.410 e. The molecule has 3 rings (SSSR count). The second-order valence-corrected chi connectivity index (χ2v) is 7.70. The Hall–Kier alpha value is -1.47. The lowest BCUT2D eigenvalue weighted by Crippen LogP contribution is -2.39. The molecule has 7 heteroatoms. The van der Waals surface area contributed by atoms with Crippen molar-refractivity contribution in [2.75, 3.05) is 13.1 Å². The summed E-state index contributed by atoms with van der Waals surface area (Å²) in [5.74, 6) is 0.